The average molecular weight is 677 g/mol. The molecule has 1 rings (SSSR count). The topological polar surface area (TPSA) is 206 Å². The zero-order chi connectivity index (χ0) is 37.1. The lowest BCUT2D eigenvalue weighted by molar-refractivity contribution is -0.142. The number of hydrogen-bond acceptors (Lipinski definition) is 8. The summed E-state index contributed by atoms with van der Waals surface area (Å²) in [7, 11) is 0. The Hall–Kier alpha value is -4.75. The molecule has 0 aliphatic carbocycles. The molecular formula is C34H56N6O8. The van der Waals surface area contributed by atoms with E-state index in [9.17, 15) is 33.6 Å². The van der Waals surface area contributed by atoms with Gasteiger partial charge in [-0.2, -0.15) is 0 Å². The summed E-state index contributed by atoms with van der Waals surface area (Å²) in [4.78, 5) is 82.5. The molecule has 14 nitrogen and oxygen atoms in total. The summed E-state index contributed by atoms with van der Waals surface area (Å²) in [5.41, 5.74) is 6.66. The Kier molecular flexibility index (Phi) is 25.9. The van der Waals surface area contributed by atoms with E-state index >= 15 is 0 Å². The number of urea groups is 1. The van der Waals surface area contributed by atoms with Crippen LogP contribution in [0.1, 0.15) is 99.5 Å². The predicted octanol–water partition coefficient (Wildman–Crippen LogP) is 3.90. The normalized spacial score (nSPS) is 10.2. The lowest BCUT2D eigenvalue weighted by Gasteiger charge is -2.18. The van der Waals surface area contributed by atoms with Gasteiger partial charge in [-0.1, -0.05) is 53.2 Å². The van der Waals surface area contributed by atoms with Crippen LogP contribution in [-0.2, 0) is 40.1 Å². The number of allylic oxidation sites excluding steroid dienone is 1. The number of ether oxygens (including phenoxy) is 1. The highest BCUT2D eigenvalue weighted by atomic mass is 16.5. The van der Waals surface area contributed by atoms with Gasteiger partial charge in [-0.15, -0.1) is 0 Å². The van der Waals surface area contributed by atoms with E-state index in [1.807, 2.05) is 27.7 Å². The van der Waals surface area contributed by atoms with Gasteiger partial charge in [0.15, 0.2) is 0 Å². The van der Waals surface area contributed by atoms with E-state index in [1.54, 1.807) is 45.0 Å². The number of carbonyl (C=O) groups excluding carboxylic acids is 7. The molecule has 7 amide bonds. The Bertz CT molecular complexity index is 1200. The monoisotopic (exact) mass is 676 g/mol. The molecule has 0 spiro atoms. The zero-order valence-electron chi connectivity index (χ0n) is 29.8. The Balaban J connectivity index is 0. The third-order valence-corrected chi connectivity index (χ3v) is 6.38. The van der Waals surface area contributed by atoms with Gasteiger partial charge in [-0.25, -0.2) is 4.79 Å². The van der Waals surface area contributed by atoms with E-state index in [2.05, 4.69) is 21.3 Å². The minimum absolute atomic E-state index is 0.0777. The number of benzene rings is 1. The van der Waals surface area contributed by atoms with Gasteiger partial charge in [0.2, 0.25) is 24.1 Å². The summed E-state index contributed by atoms with van der Waals surface area (Å²) in [6.45, 7) is 15.1. The Morgan fingerprint density at radius 1 is 0.917 bits per heavy atom. The lowest BCUT2D eigenvalue weighted by atomic mass is 10.1. The summed E-state index contributed by atoms with van der Waals surface area (Å²) in [6.07, 6.45) is 4.03. The summed E-state index contributed by atoms with van der Waals surface area (Å²) < 4.78 is 4.91. The van der Waals surface area contributed by atoms with Crippen molar-refractivity contribution in [3.8, 4) is 0 Å². The van der Waals surface area contributed by atoms with Crippen LogP contribution < -0.4 is 27.0 Å². The molecule has 1 unspecified atom stereocenters. The molecule has 1 atom stereocenters. The smallest absolute Gasteiger partial charge is 0.312 e. The third kappa shape index (κ3) is 21.9. The molecule has 0 saturated carbocycles. The van der Waals surface area contributed by atoms with Crippen LogP contribution in [0.5, 0.6) is 0 Å². The van der Waals surface area contributed by atoms with Crippen molar-refractivity contribution in [1.29, 1.82) is 0 Å². The van der Waals surface area contributed by atoms with E-state index in [0.29, 0.717) is 56.4 Å². The average Bonchev–Trinajstić information content (AvgIpc) is 3.06. The molecule has 0 saturated heterocycles. The van der Waals surface area contributed by atoms with Gasteiger partial charge < -0.3 is 31.7 Å². The maximum absolute atomic E-state index is 12.6. The third-order valence-electron chi connectivity index (χ3n) is 6.38. The fourth-order valence-corrected chi connectivity index (χ4v) is 3.60. The predicted molar refractivity (Wildman–Crippen MR) is 185 cm³/mol. The molecule has 0 bridgehead atoms. The van der Waals surface area contributed by atoms with Crippen molar-refractivity contribution in [2.24, 2.45) is 11.7 Å². The van der Waals surface area contributed by atoms with Gasteiger partial charge >= 0.3 is 12.0 Å². The van der Waals surface area contributed by atoms with Crippen LogP contribution in [0.3, 0.4) is 0 Å². The molecule has 14 heteroatoms. The van der Waals surface area contributed by atoms with Crippen LogP contribution in [0.2, 0.25) is 0 Å². The summed E-state index contributed by atoms with van der Waals surface area (Å²) in [5, 5.41) is 10.2. The van der Waals surface area contributed by atoms with Crippen molar-refractivity contribution in [3.63, 3.8) is 0 Å². The zero-order valence-corrected chi connectivity index (χ0v) is 29.8. The molecule has 0 heterocycles. The van der Waals surface area contributed by atoms with E-state index in [-0.39, 0.29) is 49.0 Å². The first-order valence-electron chi connectivity index (χ1n) is 16.3. The highest BCUT2D eigenvalue weighted by molar-refractivity contribution is 6.01. The van der Waals surface area contributed by atoms with Crippen LogP contribution in [0.15, 0.2) is 35.5 Å². The van der Waals surface area contributed by atoms with Crippen molar-refractivity contribution in [2.75, 3.05) is 25.0 Å². The van der Waals surface area contributed by atoms with Crippen LogP contribution >= 0.6 is 0 Å². The largest absolute Gasteiger partial charge is 0.461 e. The highest BCUT2D eigenvalue weighted by Crippen LogP contribution is 2.11. The van der Waals surface area contributed by atoms with E-state index in [4.69, 9.17) is 10.5 Å². The van der Waals surface area contributed by atoms with Gasteiger partial charge in [0.05, 0.1) is 6.54 Å². The van der Waals surface area contributed by atoms with Gasteiger partial charge in [-0.05, 0) is 62.8 Å². The first-order chi connectivity index (χ1) is 22.7. The van der Waals surface area contributed by atoms with Crippen molar-refractivity contribution >= 4 is 47.7 Å². The number of unbranched alkanes of at least 4 members (excludes halogenated alkanes) is 2. The van der Waals surface area contributed by atoms with Crippen molar-refractivity contribution < 1.29 is 38.3 Å². The number of nitrogens with one attached hydrogen (secondary N) is 4. The van der Waals surface area contributed by atoms with E-state index in [1.165, 1.54) is 11.8 Å². The quantitative estimate of drug-likeness (QED) is 0.0666. The molecule has 0 aliphatic rings. The molecule has 270 valence electrons. The van der Waals surface area contributed by atoms with Gasteiger partial charge in [0.1, 0.15) is 12.3 Å². The number of imide groups is 1. The number of hydrogen-bond donors (Lipinski definition) is 5. The Morgan fingerprint density at radius 2 is 1.54 bits per heavy atom. The fourth-order valence-electron chi connectivity index (χ4n) is 3.60. The standard InChI is InChI=1S/C28H40N4O7.C4H10N2O.C2H6/c1-6-20(4)28(38)32(18-33)15-9-7-8-10-24(35)31-26(19(2)3)27(37)29-16-25(36)30-23-13-11-22(12-14-23)17-39-21(5)34;1-2-3-6-4(5)7;1-2/h11-14,18,20H,6-10,15-17H2,1-5H3,(H,29,37)(H,30,36)(H,31,35);2-3H2,1H3,(H3,5,6,7);1-2H3. The summed E-state index contributed by atoms with van der Waals surface area (Å²) >= 11 is 0. The van der Waals surface area contributed by atoms with Crippen molar-refractivity contribution in [2.45, 2.75) is 101 Å². The van der Waals surface area contributed by atoms with Crippen LogP contribution in [-0.4, -0.2) is 66.6 Å². The maximum Gasteiger partial charge on any atom is 0.312 e. The van der Waals surface area contributed by atoms with Crippen LogP contribution in [0.4, 0.5) is 10.5 Å². The maximum atomic E-state index is 12.6. The first-order valence-corrected chi connectivity index (χ1v) is 16.3. The highest BCUT2D eigenvalue weighted by Gasteiger charge is 2.18. The second-order valence-corrected chi connectivity index (χ2v) is 10.7. The fraction of sp³-hybridized carbons (Fsp3) is 0.559. The van der Waals surface area contributed by atoms with E-state index in [0.717, 1.165) is 12.0 Å². The van der Waals surface area contributed by atoms with Crippen molar-refractivity contribution in [3.05, 3.63) is 41.1 Å². The Labute approximate surface area is 285 Å². The molecular weight excluding hydrogens is 620 g/mol. The summed E-state index contributed by atoms with van der Waals surface area (Å²) in [6, 6.07) is 6.28. The number of amides is 7. The molecule has 0 aromatic heterocycles. The van der Waals surface area contributed by atoms with Gasteiger partial charge in [-0.3, -0.25) is 33.7 Å². The van der Waals surface area contributed by atoms with E-state index < -0.39 is 17.8 Å². The second kappa shape index (κ2) is 27.4. The molecule has 0 fully saturated rings. The van der Waals surface area contributed by atoms with Crippen molar-refractivity contribution in [1.82, 2.24) is 20.9 Å². The number of nitrogens with zero attached hydrogens (tertiary/aromatic N) is 1. The number of rotatable bonds is 18. The molecule has 1 aromatic carbocycles. The van der Waals surface area contributed by atoms with Crippen LogP contribution in [0, 0.1) is 5.92 Å². The lowest BCUT2D eigenvalue weighted by Crippen LogP contribution is -2.39. The first kappa shape index (κ1) is 45.4. The minimum Gasteiger partial charge on any atom is -0.461 e. The van der Waals surface area contributed by atoms with Gasteiger partial charge in [0.25, 0.3) is 5.91 Å². The molecule has 1 aromatic rings. The SMILES string of the molecule is CC.CCC(C)C(=O)N(C=O)CCCCCC(=O)NC(C(=O)NCC(=O)Nc1ccc(COC(C)=O)cc1)=C(C)C.CCCNC(N)=O. The molecule has 0 aliphatic heterocycles. The molecule has 6 N–H and O–H groups in total. The number of esters is 1. The molecule has 48 heavy (non-hydrogen) atoms. The summed E-state index contributed by atoms with van der Waals surface area (Å²) in [5.74, 6) is -2.18. The number of carbonyl (C=O) groups is 7. The molecule has 0 radical (unpaired) electrons. The van der Waals surface area contributed by atoms with Gasteiger partial charge in [0, 0.05) is 38.0 Å². The number of primary amides is 1. The van der Waals surface area contributed by atoms with Crippen LogP contribution in [0.25, 0.3) is 0 Å². The Morgan fingerprint density at radius 3 is 2.02 bits per heavy atom. The number of anilines is 1. The second-order valence-electron chi connectivity index (χ2n) is 10.7. The minimum atomic E-state index is -0.583. The number of nitrogens with two attached hydrogens (primary N) is 1.